The number of benzene rings is 2. The Kier molecular flexibility index (Phi) is 5.58. The molecule has 11 heteroatoms. The lowest BCUT2D eigenvalue weighted by Crippen LogP contribution is -2.28. The van der Waals surface area contributed by atoms with E-state index in [1.165, 1.54) is 0 Å². The van der Waals surface area contributed by atoms with Crippen LogP contribution in [-0.2, 0) is 0 Å². The van der Waals surface area contributed by atoms with Crippen LogP contribution in [0.3, 0.4) is 0 Å². The maximum absolute atomic E-state index is 14.0. The highest BCUT2D eigenvalue weighted by Gasteiger charge is 2.23. The monoisotopic (exact) mass is 448 g/mol. The number of nitrogen functional groups attached to an aromatic ring is 2. The van der Waals surface area contributed by atoms with Crippen LogP contribution < -0.4 is 22.3 Å². The third-order valence-electron chi connectivity index (χ3n) is 5.00. The quantitative estimate of drug-likeness (QED) is 0.422. The maximum atomic E-state index is 14.0. The topological polar surface area (TPSA) is 149 Å². The van der Waals surface area contributed by atoms with E-state index in [-0.39, 0.29) is 40.0 Å². The summed E-state index contributed by atoms with van der Waals surface area (Å²) in [7, 11) is 0. The molecule has 0 saturated carbocycles. The predicted octanol–water partition coefficient (Wildman–Crippen LogP) is 3.05. The number of hydrogen-bond donors (Lipinski definition) is 3. The van der Waals surface area contributed by atoms with Gasteiger partial charge < -0.3 is 16.8 Å². The van der Waals surface area contributed by atoms with E-state index in [4.69, 9.17) is 11.5 Å². The van der Waals surface area contributed by atoms with E-state index in [9.17, 15) is 18.8 Å². The van der Waals surface area contributed by atoms with Gasteiger partial charge in [0.25, 0.3) is 5.56 Å². The van der Waals surface area contributed by atoms with Crippen molar-refractivity contribution < 1.29 is 8.78 Å². The van der Waals surface area contributed by atoms with Crippen LogP contribution in [0.4, 0.5) is 26.4 Å². The number of rotatable bonds is 5. The first kappa shape index (κ1) is 21.6. The molecular weight excluding hydrogens is 430 g/mol. The van der Waals surface area contributed by atoms with Crippen LogP contribution in [0.5, 0.6) is 0 Å². The molecule has 0 aliphatic heterocycles. The highest BCUT2D eigenvalue weighted by Crippen LogP contribution is 2.27. The number of para-hydroxylation sites is 1. The van der Waals surface area contributed by atoms with Crippen molar-refractivity contribution in [3.05, 3.63) is 75.8 Å². The molecule has 1 atom stereocenters. The number of hydrogen-bond acceptors (Lipinski definition) is 8. The van der Waals surface area contributed by atoms with Crippen LogP contribution in [0.25, 0.3) is 16.6 Å². The number of nitrogens with two attached hydrogens (primary N) is 2. The molecule has 4 rings (SSSR count). The van der Waals surface area contributed by atoms with Gasteiger partial charge in [0, 0.05) is 6.07 Å². The molecule has 33 heavy (non-hydrogen) atoms. The Morgan fingerprint density at radius 3 is 2.48 bits per heavy atom. The molecule has 0 spiro atoms. The minimum absolute atomic E-state index is 0.0332. The second kappa shape index (κ2) is 8.51. The number of nitriles is 1. The van der Waals surface area contributed by atoms with Crippen LogP contribution in [0.2, 0.25) is 0 Å². The second-order valence-electron chi connectivity index (χ2n) is 7.16. The van der Waals surface area contributed by atoms with Crippen LogP contribution in [0.1, 0.15) is 30.8 Å². The summed E-state index contributed by atoms with van der Waals surface area (Å²) in [6, 6.07) is 10.6. The van der Waals surface area contributed by atoms with Gasteiger partial charge in [0.2, 0.25) is 5.95 Å². The van der Waals surface area contributed by atoms with Gasteiger partial charge in [-0.1, -0.05) is 19.1 Å². The predicted molar refractivity (Wildman–Crippen MR) is 119 cm³/mol. The molecule has 0 fully saturated rings. The molecule has 0 saturated heterocycles. The molecule has 4 aromatic rings. The van der Waals surface area contributed by atoms with Crippen molar-refractivity contribution in [2.75, 3.05) is 16.8 Å². The van der Waals surface area contributed by atoms with Crippen LogP contribution in [-0.4, -0.2) is 19.5 Å². The van der Waals surface area contributed by atoms with Gasteiger partial charge >= 0.3 is 0 Å². The van der Waals surface area contributed by atoms with Crippen LogP contribution in [0, 0.1) is 23.0 Å². The van der Waals surface area contributed by atoms with Crippen molar-refractivity contribution in [2.45, 2.75) is 19.4 Å². The van der Waals surface area contributed by atoms with Gasteiger partial charge in [-0.2, -0.15) is 15.2 Å². The molecule has 2 aromatic carbocycles. The maximum Gasteiger partial charge on any atom is 0.266 e. The van der Waals surface area contributed by atoms with Gasteiger partial charge in [-0.25, -0.2) is 13.8 Å². The largest absolute Gasteiger partial charge is 0.382 e. The number of aromatic nitrogens is 4. The fraction of sp³-hybridized carbons (Fsp3) is 0.136. The highest BCUT2D eigenvalue weighted by molar-refractivity contribution is 5.78. The summed E-state index contributed by atoms with van der Waals surface area (Å²) in [6.45, 7) is 1.80. The average Bonchev–Trinajstić information content (AvgIpc) is 2.76. The number of fused-ring (bicyclic) bond motifs is 1. The first-order valence-corrected chi connectivity index (χ1v) is 9.90. The number of nitrogens with one attached hydrogen (secondary N) is 1. The summed E-state index contributed by atoms with van der Waals surface area (Å²) in [5.74, 6) is -1.75. The Bertz CT molecular complexity index is 1460. The fourth-order valence-electron chi connectivity index (χ4n) is 3.53. The Labute approximate surface area is 186 Å². The minimum atomic E-state index is -0.847. The van der Waals surface area contributed by atoms with Gasteiger partial charge in [-0.05, 0) is 30.7 Å². The van der Waals surface area contributed by atoms with Crippen molar-refractivity contribution in [3.63, 3.8) is 0 Å². The van der Waals surface area contributed by atoms with E-state index in [0.717, 1.165) is 16.7 Å². The standard InChI is InChI=1S/C22H18F2N8O/c1-2-16(28-19-15(10-25)18(26)30-22(27)31-19)20-29-17-6-4-3-5-14(17)21(33)32(20)13-8-11(23)7-12(24)9-13/h3-9,16H,2H2,1H3,(H5,26,27,28,30,31). The van der Waals surface area contributed by atoms with E-state index >= 15 is 0 Å². The van der Waals surface area contributed by atoms with E-state index in [0.29, 0.717) is 18.0 Å². The summed E-state index contributed by atoms with van der Waals surface area (Å²) in [4.78, 5) is 25.8. The summed E-state index contributed by atoms with van der Waals surface area (Å²) in [5, 5.41) is 12.8. The molecule has 9 nitrogen and oxygen atoms in total. The molecule has 0 radical (unpaired) electrons. The first-order valence-electron chi connectivity index (χ1n) is 9.90. The molecular formula is C22H18F2N8O. The fourth-order valence-corrected chi connectivity index (χ4v) is 3.53. The molecule has 0 bridgehead atoms. The highest BCUT2D eigenvalue weighted by atomic mass is 19.1. The van der Waals surface area contributed by atoms with Gasteiger partial charge in [-0.15, -0.1) is 0 Å². The molecule has 0 aliphatic carbocycles. The molecule has 5 N–H and O–H groups in total. The Hall–Kier alpha value is -4.59. The van der Waals surface area contributed by atoms with Crippen molar-refractivity contribution in [2.24, 2.45) is 0 Å². The zero-order valence-corrected chi connectivity index (χ0v) is 17.4. The second-order valence-corrected chi connectivity index (χ2v) is 7.16. The lowest BCUT2D eigenvalue weighted by Gasteiger charge is -2.23. The van der Waals surface area contributed by atoms with E-state index in [1.807, 2.05) is 6.07 Å². The van der Waals surface area contributed by atoms with Crippen molar-refractivity contribution >= 4 is 28.5 Å². The Balaban J connectivity index is 1.98. The van der Waals surface area contributed by atoms with Crippen molar-refractivity contribution in [1.29, 1.82) is 5.26 Å². The van der Waals surface area contributed by atoms with Gasteiger partial charge in [-0.3, -0.25) is 9.36 Å². The van der Waals surface area contributed by atoms with E-state index < -0.39 is 23.2 Å². The van der Waals surface area contributed by atoms with Crippen molar-refractivity contribution in [1.82, 2.24) is 19.5 Å². The van der Waals surface area contributed by atoms with Gasteiger partial charge in [0.05, 0.1) is 22.6 Å². The zero-order chi connectivity index (χ0) is 23.7. The Morgan fingerprint density at radius 1 is 1.12 bits per heavy atom. The van der Waals surface area contributed by atoms with Crippen molar-refractivity contribution in [3.8, 4) is 11.8 Å². The first-order chi connectivity index (χ1) is 15.8. The molecule has 0 aliphatic rings. The summed E-state index contributed by atoms with van der Waals surface area (Å²) in [5.41, 5.74) is 11.3. The molecule has 2 heterocycles. The number of anilines is 3. The molecule has 0 amide bonds. The summed E-state index contributed by atoms with van der Waals surface area (Å²) in [6.07, 6.45) is 0.358. The summed E-state index contributed by atoms with van der Waals surface area (Å²) < 4.78 is 29.2. The smallest absolute Gasteiger partial charge is 0.266 e. The third-order valence-corrected chi connectivity index (χ3v) is 5.00. The number of halogens is 2. The minimum Gasteiger partial charge on any atom is -0.382 e. The number of nitrogens with zero attached hydrogens (tertiary/aromatic N) is 5. The lowest BCUT2D eigenvalue weighted by atomic mass is 10.1. The Morgan fingerprint density at radius 2 is 1.82 bits per heavy atom. The van der Waals surface area contributed by atoms with Crippen LogP contribution >= 0.6 is 0 Å². The summed E-state index contributed by atoms with van der Waals surface area (Å²) >= 11 is 0. The third kappa shape index (κ3) is 4.01. The SMILES string of the molecule is CCC(Nc1nc(N)nc(N)c1C#N)c1nc2ccccc2c(=O)n1-c1cc(F)cc(F)c1. The molecule has 166 valence electrons. The lowest BCUT2D eigenvalue weighted by molar-refractivity contribution is 0.578. The van der Waals surface area contributed by atoms with E-state index in [2.05, 4.69) is 20.3 Å². The van der Waals surface area contributed by atoms with Gasteiger partial charge in [0.15, 0.2) is 5.82 Å². The average molecular weight is 448 g/mol. The molecule has 2 aromatic heterocycles. The molecule has 1 unspecified atom stereocenters. The normalized spacial score (nSPS) is 11.8. The zero-order valence-electron chi connectivity index (χ0n) is 17.4. The van der Waals surface area contributed by atoms with E-state index in [1.54, 1.807) is 31.2 Å². The van der Waals surface area contributed by atoms with Gasteiger partial charge in [0.1, 0.15) is 34.9 Å². The van der Waals surface area contributed by atoms with Crippen LogP contribution in [0.15, 0.2) is 47.3 Å².